The molecule has 0 radical (unpaired) electrons. The number of hydrogen-bond donors (Lipinski definition) is 1. The van der Waals surface area contributed by atoms with Gasteiger partial charge < -0.3 is 0 Å². The molecule has 0 unspecified atom stereocenters. The third-order valence-corrected chi connectivity index (χ3v) is 4.28. The van der Waals surface area contributed by atoms with Crippen molar-refractivity contribution in [3.8, 4) is 0 Å². The van der Waals surface area contributed by atoms with Crippen LogP contribution in [0.15, 0.2) is 35.7 Å². The van der Waals surface area contributed by atoms with Crippen molar-refractivity contribution in [3.05, 3.63) is 47.0 Å². The number of aromatic nitrogens is 1. The van der Waals surface area contributed by atoms with Gasteiger partial charge in [-0.3, -0.25) is 4.72 Å². The Morgan fingerprint density at radius 2 is 2.00 bits per heavy atom. The number of sulfonamides is 1. The summed E-state index contributed by atoms with van der Waals surface area (Å²) in [5.41, 5.74) is 1.57. The molecule has 90 valence electrons. The van der Waals surface area contributed by atoms with Crippen LogP contribution in [0.3, 0.4) is 0 Å². The highest BCUT2D eigenvalue weighted by atomic mass is 32.2. The van der Waals surface area contributed by atoms with Gasteiger partial charge >= 0.3 is 0 Å². The quantitative estimate of drug-likeness (QED) is 0.926. The SMILES string of the molecule is Cc1csc(NS(=O)(=O)Cc2ccccc2)n1. The monoisotopic (exact) mass is 268 g/mol. The molecule has 1 heterocycles. The fourth-order valence-corrected chi connectivity index (χ4v) is 3.48. The minimum absolute atomic E-state index is 0.0353. The van der Waals surface area contributed by atoms with E-state index < -0.39 is 10.0 Å². The van der Waals surface area contributed by atoms with E-state index in [2.05, 4.69) is 9.71 Å². The van der Waals surface area contributed by atoms with Crippen LogP contribution in [0.2, 0.25) is 0 Å². The van der Waals surface area contributed by atoms with E-state index in [-0.39, 0.29) is 5.75 Å². The highest BCUT2D eigenvalue weighted by Crippen LogP contribution is 2.17. The fraction of sp³-hybridized carbons (Fsp3) is 0.182. The lowest BCUT2D eigenvalue weighted by Crippen LogP contribution is -2.14. The fourth-order valence-electron chi connectivity index (χ4n) is 1.36. The third-order valence-electron chi connectivity index (χ3n) is 2.06. The van der Waals surface area contributed by atoms with Gasteiger partial charge in [0.1, 0.15) is 0 Å². The van der Waals surface area contributed by atoms with Crippen molar-refractivity contribution in [1.82, 2.24) is 4.98 Å². The van der Waals surface area contributed by atoms with Crippen molar-refractivity contribution in [2.45, 2.75) is 12.7 Å². The van der Waals surface area contributed by atoms with E-state index >= 15 is 0 Å². The van der Waals surface area contributed by atoms with Crippen LogP contribution in [0.5, 0.6) is 0 Å². The Labute approximate surface area is 104 Å². The molecule has 0 spiro atoms. The van der Waals surface area contributed by atoms with Crippen molar-refractivity contribution in [2.24, 2.45) is 0 Å². The van der Waals surface area contributed by atoms with E-state index in [9.17, 15) is 8.42 Å². The van der Waals surface area contributed by atoms with Crippen LogP contribution in [0, 0.1) is 6.92 Å². The second-order valence-electron chi connectivity index (χ2n) is 3.64. The van der Waals surface area contributed by atoms with E-state index in [0.717, 1.165) is 11.3 Å². The van der Waals surface area contributed by atoms with Crippen LogP contribution in [0.25, 0.3) is 0 Å². The van der Waals surface area contributed by atoms with Crippen LogP contribution in [0.1, 0.15) is 11.3 Å². The molecule has 6 heteroatoms. The van der Waals surface area contributed by atoms with Crippen LogP contribution in [-0.2, 0) is 15.8 Å². The molecule has 0 aliphatic carbocycles. The predicted molar refractivity (Wildman–Crippen MR) is 69.5 cm³/mol. The number of nitrogens with zero attached hydrogens (tertiary/aromatic N) is 1. The largest absolute Gasteiger partial charge is 0.258 e. The molecule has 2 rings (SSSR count). The molecule has 0 fully saturated rings. The first-order valence-corrected chi connectivity index (χ1v) is 7.55. The molecular formula is C11H12N2O2S2. The van der Waals surface area contributed by atoms with E-state index in [1.165, 1.54) is 11.3 Å². The maximum atomic E-state index is 11.8. The number of rotatable bonds is 4. The molecular weight excluding hydrogens is 256 g/mol. The van der Waals surface area contributed by atoms with Crippen LogP contribution in [-0.4, -0.2) is 13.4 Å². The lowest BCUT2D eigenvalue weighted by atomic mass is 10.2. The van der Waals surface area contributed by atoms with Gasteiger partial charge in [-0.25, -0.2) is 13.4 Å². The first kappa shape index (κ1) is 12.1. The summed E-state index contributed by atoms with van der Waals surface area (Å²) in [4.78, 5) is 4.07. The van der Waals surface area contributed by atoms with E-state index in [0.29, 0.717) is 5.13 Å². The van der Waals surface area contributed by atoms with Gasteiger partial charge in [-0.2, -0.15) is 0 Å². The maximum absolute atomic E-state index is 11.8. The van der Waals surface area contributed by atoms with Gasteiger partial charge in [0.25, 0.3) is 0 Å². The summed E-state index contributed by atoms with van der Waals surface area (Å²) in [6.07, 6.45) is 0. The van der Waals surface area contributed by atoms with Crippen molar-refractivity contribution in [1.29, 1.82) is 0 Å². The Hall–Kier alpha value is -1.40. The van der Waals surface area contributed by atoms with Gasteiger partial charge in [-0.05, 0) is 12.5 Å². The van der Waals surface area contributed by atoms with Gasteiger partial charge in [0.2, 0.25) is 10.0 Å². The average molecular weight is 268 g/mol. The molecule has 0 bridgehead atoms. The number of hydrogen-bond acceptors (Lipinski definition) is 4. The Morgan fingerprint density at radius 1 is 1.29 bits per heavy atom. The van der Waals surface area contributed by atoms with E-state index in [1.54, 1.807) is 17.5 Å². The van der Waals surface area contributed by atoms with E-state index in [4.69, 9.17) is 0 Å². The molecule has 1 aromatic carbocycles. The Morgan fingerprint density at radius 3 is 2.59 bits per heavy atom. The summed E-state index contributed by atoms with van der Waals surface area (Å²) in [6, 6.07) is 9.06. The van der Waals surface area contributed by atoms with Gasteiger partial charge in [0, 0.05) is 5.38 Å². The highest BCUT2D eigenvalue weighted by Gasteiger charge is 2.13. The summed E-state index contributed by atoms with van der Waals surface area (Å²) in [5.74, 6) is -0.0353. The van der Waals surface area contributed by atoms with Crippen molar-refractivity contribution < 1.29 is 8.42 Å². The molecule has 0 aliphatic heterocycles. The van der Waals surface area contributed by atoms with Crippen molar-refractivity contribution in [2.75, 3.05) is 4.72 Å². The molecule has 1 aromatic heterocycles. The van der Waals surface area contributed by atoms with Crippen LogP contribution < -0.4 is 4.72 Å². The predicted octanol–water partition coefficient (Wildman–Crippen LogP) is 2.39. The molecule has 0 aliphatic rings. The first-order valence-electron chi connectivity index (χ1n) is 5.02. The smallest absolute Gasteiger partial charge is 0.238 e. The average Bonchev–Trinajstić information content (AvgIpc) is 2.63. The minimum atomic E-state index is -3.38. The number of benzene rings is 1. The lowest BCUT2D eigenvalue weighted by Gasteiger charge is -2.04. The Kier molecular flexibility index (Phi) is 3.44. The zero-order chi connectivity index (χ0) is 12.3. The van der Waals surface area contributed by atoms with Gasteiger partial charge in [-0.1, -0.05) is 30.3 Å². The van der Waals surface area contributed by atoms with Gasteiger partial charge in [-0.15, -0.1) is 11.3 Å². The molecule has 2 aromatic rings. The van der Waals surface area contributed by atoms with E-state index in [1.807, 2.05) is 25.1 Å². The van der Waals surface area contributed by atoms with Gasteiger partial charge in [0.05, 0.1) is 11.4 Å². The van der Waals surface area contributed by atoms with Crippen molar-refractivity contribution in [3.63, 3.8) is 0 Å². The minimum Gasteiger partial charge on any atom is -0.258 e. The molecule has 4 nitrogen and oxygen atoms in total. The summed E-state index contributed by atoms with van der Waals surface area (Å²) in [6.45, 7) is 1.82. The second kappa shape index (κ2) is 4.85. The third kappa shape index (κ3) is 3.54. The second-order valence-corrected chi connectivity index (χ2v) is 6.22. The zero-order valence-corrected chi connectivity index (χ0v) is 10.9. The topological polar surface area (TPSA) is 59.1 Å². The molecule has 0 amide bonds. The number of nitrogens with one attached hydrogen (secondary N) is 1. The van der Waals surface area contributed by atoms with Gasteiger partial charge in [0.15, 0.2) is 5.13 Å². The summed E-state index contributed by atoms with van der Waals surface area (Å²) in [5, 5.41) is 2.22. The van der Waals surface area contributed by atoms with Crippen LogP contribution in [0.4, 0.5) is 5.13 Å². The standard InChI is InChI=1S/C11H12N2O2S2/c1-9-7-16-11(12-9)13-17(14,15)8-10-5-3-2-4-6-10/h2-7H,8H2,1H3,(H,12,13). The zero-order valence-electron chi connectivity index (χ0n) is 9.25. The first-order chi connectivity index (χ1) is 8.05. The lowest BCUT2D eigenvalue weighted by molar-refractivity contribution is 0.600. The maximum Gasteiger partial charge on any atom is 0.238 e. The number of anilines is 1. The highest BCUT2D eigenvalue weighted by molar-refractivity contribution is 7.92. The molecule has 0 saturated heterocycles. The summed E-state index contributed by atoms with van der Waals surface area (Å²) >= 11 is 1.29. The molecule has 1 N–H and O–H groups in total. The summed E-state index contributed by atoms with van der Waals surface area (Å²) < 4.78 is 26.1. The summed E-state index contributed by atoms with van der Waals surface area (Å²) in [7, 11) is -3.38. The molecule has 17 heavy (non-hydrogen) atoms. The molecule has 0 atom stereocenters. The Bertz CT molecular complexity index is 591. The molecule has 0 saturated carbocycles. The Balaban J connectivity index is 2.10. The van der Waals surface area contributed by atoms with Crippen LogP contribution >= 0.6 is 11.3 Å². The van der Waals surface area contributed by atoms with Crippen molar-refractivity contribution >= 4 is 26.5 Å². The normalized spacial score (nSPS) is 11.4. The number of aryl methyl sites for hydroxylation is 1. The number of thiazole rings is 1.